The van der Waals surface area contributed by atoms with Gasteiger partial charge in [-0.2, -0.15) is 0 Å². The Morgan fingerprint density at radius 2 is 1.95 bits per heavy atom. The van der Waals surface area contributed by atoms with Gasteiger partial charge in [-0.05, 0) is 6.07 Å². The van der Waals surface area contributed by atoms with Crippen LogP contribution in [0.25, 0.3) is 0 Å². The lowest BCUT2D eigenvalue weighted by Crippen LogP contribution is -1.95. The quantitative estimate of drug-likeness (QED) is 0.845. The predicted molar refractivity (Wildman–Crippen MR) is 67.4 cm³/mol. The molecule has 6 heteroatoms. The van der Waals surface area contributed by atoms with Crippen molar-refractivity contribution in [3.8, 4) is 11.5 Å². The van der Waals surface area contributed by atoms with Crippen molar-refractivity contribution in [3.05, 3.63) is 35.5 Å². The second-order valence-corrected chi connectivity index (χ2v) is 3.92. The van der Waals surface area contributed by atoms with Gasteiger partial charge in [-0.25, -0.2) is 0 Å². The van der Waals surface area contributed by atoms with Crippen molar-refractivity contribution in [2.75, 3.05) is 20.8 Å². The van der Waals surface area contributed by atoms with E-state index in [9.17, 15) is 0 Å². The summed E-state index contributed by atoms with van der Waals surface area (Å²) in [4.78, 5) is 0. The molecule has 19 heavy (non-hydrogen) atoms. The molecule has 0 fully saturated rings. The van der Waals surface area contributed by atoms with E-state index in [1.165, 1.54) is 0 Å². The SMILES string of the molecule is COc1ccc(Cc2nnc(CCO)o2)c(OC)c1. The third-order valence-corrected chi connectivity index (χ3v) is 2.67. The predicted octanol–water partition coefficient (Wildman–Crippen LogP) is 1.21. The standard InChI is InChI=1S/C13H16N2O4/c1-17-10-4-3-9(11(8-10)18-2)7-13-15-14-12(19-13)5-6-16/h3-4,8,16H,5-7H2,1-2H3. The Bertz CT molecular complexity index is 539. The minimum atomic E-state index is -0.00646. The Hall–Kier alpha value is -2.08. The lowest BCUT2D eigenvalue weighted by molar-refractivity contribution is 0.283. The molecule has 0 radical (unpaired) electrons. The van der Waals surface area contributed by atoms with E-state index in [4.69, 9.17) is 19.0 Å². The van der Waals surface area contributed by atoms with Crippen LogP contribution in [0, 0.1) is 0 Å². The molecule has 6 nitrogen and oxygen atoms in total. The summed E-state index contributed by atoms with van der Waals surface area (Å²) in [6, 6.07) is 5.55. The average molecular weight is 264 g/mol. The molecule has 0 saturated carbocycles. The van der Waals surface area contributed by atoms with Crippen molar-refractivity contribution >= 4 is 0 Å². The molecule has 1 heterocycles. The van der Waals surface area contributed by atoms with Crippen LogP contribution in [-0.2, 0) is 12.8 Å². The zero-order valence-electron chi connectivity index (χ0n) is 10.9. The number of rotatable bonds is 6. The Morgan fingerprint density at radius 3 is 2.63 bits per heavy atom. The molecule has 1 N–H and O–H groups in total. The molecule has 2 aromatic rings. The van der Waals surface area contributed by atoms with Crippen LogP contribution in [0.1, 0.15) is 17.3 Å². The second kappa shape index (κ2) is 6.19. The number of nitrogens with zero attached hydrogens (tertiary/aromatic N) is 2. The van der Waals surface area contributed by atoms with Crippen molar-refractivity contribution in [1.82, 2.24) is 10.2 Å². The summed E-state index contributed by atoms with van der Waals surface area (Å²) in [6.45, 7) is -0.00646. The zero-order chi connectivity index (χ0) is 13.7. The number of benzene rings is 1. The molecule has 1 aromatic carbocycles. The Labute approximate surface area is 111 Å². The fourth-order valence-corrected chi connectivity index (χ4v) is 1.72. The topological polar surface area (TPSA) is 77.6 Å². The molecular weight excluding hydrogens is 248 g/mol. The highest BCUT2D eigenvalue weighted by Crippen LogP contribution is 2.26. The molecule has 0 amide bonds. The first-order valence-electron chi connectivity index (χ1n) is 5.90. The van der Waals surface area contributed by atoms with Crippen LogP contribution in [0.15, 0.2) is 22.6 Å². The summed E-state index contributed by atoms with van der Waals surface area (Å²) in [5.41, 5.74) is 0.933. The number of aliphatic hydroxyl groups excluding tert-OH is 1. The highest BCUT2D eigenvalue weighted by molar-refractivity contribution is 5.41. The maximum atomic E-state index is 8.80. The van der Waals surface area contributed by atoms with Crippen LogP contribution < -0.4 is 9.47 Å². The zero-order valence-corrected chi connectivity index (χ0v) is 10.9. The average Bonchev–Trinajstić information content (AvgIpc) is 2.87. The van der Waals surface area contributed by atoms with Gasteiger partial charge in [0.1, 0.15) is 11.5 Å². The van der Waals surface area contributed by atoms with E-state index >= 15 is 0 Å². The highest BCUT2D eigenvalue weighted by atomic mass is 16.5. The first kappa shape index (κ1) is 13.4. The minimum absolute atomic E-state index is 0.00646. The number of aromatic nitrogens is 2. The lowest BCUT2D eigenvalue weighted by atomic mass is 10.1. The van der Waals surface area contributed by atoms with Crippen molar-refractivity contribution in [3.63, 3.8) is 0 Å². The van der Waals surface area contributed by atoms with Gasteiger partial charge in [-0.15, -0.1) is 10.2 Å². The van der Waals surface area contributed by atoms with Gasteiger partial charge in [-0.3, -0.25) is 0 Å². The molecular formula is C13H16N2O4. The maximum Gasteiger partial charge on any atom is 0.221 e. The molecule has 0 spiro atoms. The first-order valence-corrected chi connectivity index (χ1v) is 5.90. The lowest BCUT2D eigenvalue weighted by Gasteiger charge is -2.08. The Kier molecular flexibility index (Phi) is 4.35. The van der Waals surface area contributed by atoms with E-state index in [-0.39, 0.29) is 6.61 Å². The van der Waals surface area contributed by atoms with Gasteiger partial charge in [0.25, 0.3) is 0 Å². The van der Waals surface area contributed by atoms with Crippen LogP contribution in [0.5, 0.6) is 11.5 Å². The van der Waals surface area contributed by atoms with E-state index in [0.717, 1.165) is 11.3 Å². The van der Waals surface area contributed by atoms with Crippen molar-refractivity contribution in [2.45, 2.75) is 12.8 Å². The molecule has 0 unspecified atom stereocenters. The van der Waals surface area contributed by atoms with E-state index in [0.29, 0.717) is 30.4 Å². The number of hydrogen-bond acceptors (Lipinski definition) is 6. The molecule has 102 valence electrons. The molecule has 2 rings (SSSR count). The summed E-state index contributed by atoms with van der Waals surface area (Å²) in [6.07, 6.45) is 0.846. The largest absolute Gasteiger partial charge is 0.497 e. The number of hydrogen-bond donors (Lipinski definition) is 1. The smallest absolute Gasteiger partial charge is 0.221 e. The normalized spacial score (nSPS) is 10.5. The molecule has 0 aliphatic rings. The molecule has 1 aromatic heterocycles. The van der Waals surface area contributed by atoms with Crippen LogP contribution in [0.2, 0.25) is 0 Å². The van der Waals surface area contributed by atoms with Gasteiger partial charge in [0, 0.05) is 18.1 Å². The summed E-state index contributed by atoms with van der Waals surface area (Å²) in [5, 5.41) is 16.6. The fourth-order valence-electron chi connectivity index (χ4n) is 1.72. The molecule has 0 aliphatic carbocycles. The summed E-state index contributed by atoms with van der Waals surface area (Å²) in [5.74, 6) is 2.37. The van der Waals surface area contributed by atoms with Crippen molar-refractivity contribution < 1.29 is 19.0 Å². The van der Waals surface area contributed by atoms with E-state index in [1.807, 2.05) is 12.1 Å². The summed E-state index contributed by atoms with van der Waals surface area (Å²) < 4.78 is 15.9. The van der Waals surface area contributed by atoms with Crippen molar-refractivity contribution in [2.24, 2.45) is 0 Å². The number of aliphatic hydroxyl groups is 1. The van der Waals surface area contributed by atoms with Gasteiger partial charge >= 0.3 is 0 Å². The van der Waals surface area contributed by atoms with Crippen molar-refractivity contribution in [1.29, 1.82) is 0 Å². The van der Waals surface area contributed by atoms with Gasteiger partial charge < -0.3 is 19.0 Å². The minimum Gasteiger partial charge on any atom is -0.497 e. The van der Waals surface area contributed by atoms with Gasteiger partial charge in [0.05, 0.1) is 27.2 Å². The molecule has 0 saturated heterocycles. The van der Waals surface area contributed by atoms with Gasteiger partial charge in [-0.1, -0.05) is 6.07 Å². The number of methoxy groups -OCH3 is 2. The second-order valence-electron chi connectivity index (χ2n) is 3.92. The number of ether oxygens (including phenoxy) is 2. The van der Waals surface area contributed by atoms with Crippen LogP contribution in [0.4, 0.5) is 0 Å². The van der Waals surface area contributed by atoms with Crippen LogP contribution in [-0.4, -0.2) is 36.1 Å². The van der Waals surface area contributed by atoms with Gasteiger partial charge in [0.15, 0.2) is 0 Å². The van der Waals surface area contributed by atoms with Gasteiger partial charge in [0.2, 0.25) is 11.8 Å². The third kappa shape index (κ3) is 3.23. The fraction of sp³-hybridized carbons (Fsp3) is 0.385. The maximum absolute atomic E-state index is 8.80. The molecule has 0 bridgehead atoms. The third-order valence-electron chi connectivity index (χ3n) is 2.67. The van der Waals surface area contributed by atoms with E-state index in [1.54, 1.807) is 20.3 Å². The molecule has 0 atom stereocenters. The molecule has 0 aliphatic heterocycles. The van der Waals surface area contributed by atoms with E-state index in [2.05, 4.69) is 10.2 Å². The monoisotopic (exact) mass is 264 g/mol. The summed E-state index contributed by atoms with van der Waals surface area (Å²) in [7, 11) is 3.21. The Morgan fingerprint density at radius 1 is 1.16 bits per heavy atom. The van der Waals surface area contributed by atoms with Crippen LogP contribution >= 0.6 is 0 Å². The van der Waals surface area contributed by atoms with Crippen LogP contribution in [0.3, 0.4) is 0 Å². The highest BCUT2D eigenvalue weighted by Gasteiger charge is 2.11. The first-order chi connectivity index (χ1) is 9.26. The van der Waals surface area contributed by atoms with E-state index < -0.39 is 0 Å². The Balaban J connectivity index is 2.17. The summed E-state index contributed by atoms with van der Waals surface area (Å²) >= 11 is 0.